The second kappa shape index (κ2) is 8.30. The Hall–Kier alpha value is -2.31. The molecule has 0 spiro atoms. The molecule has 15 heavy (non-hydrogen) atoms. The summed E-state index contributed by atoms with van der Waals surface area (Å²) in [6.07, 6.45) is 1.78. The minimum absolute atomic E-state index is 0.250. The van der Waals surface area contributed by atoms with Crippen LogP contribution in [0.3, 0.4) is 0 Å². The highest BCUT2D eigenvalue weighted by molar-refractivity contribution is 5.68. The van der Waals surface area contributed by atoms with E-state index in [0.29, 0.717) is 0 Å². The molecule has 7 heteroatoms. The van der Waals surface area contributed by atoms with E-state index >= 15 is 0 Å². The first-order chi connectivity index (χ1) is 7.29. The molecule has 0 fully saturated rings. The number of carbonyl (C=O) groups is 2. The highest BCUT2D eigenvalue weighted by atomic mass is 16.3. The fraction of sp³-hybridized carbons (Fsp3) is 0.125. The van der Waals surface area contributed by atoms with Crippen LogP contribution in [0.5, 0.6) is 0 Å². The van der Waals surface area contributed by atoms with Crippen molar-refractivity contribution in [2.75, 3.05) is 17.3 Å². The topological polar surface area (TPSA) is 112 Å². The maximum atomic E-state index is 8.36. The number of fused-ring (bicyclic) bond motifs is 1. The Bertz CT molecular complexity index is 277. The molecule has 0 saturated heterocycles. The van der Waals surface area contributed by atoms with Gasteiger partial charge < -0.3 is 20.8 Å². The molecule has 0 atom stereocenters. The van der Waals surface area contributed by atoms with E-state index in [-0.39, 0.29) is 12.9 Å². The molecule has 0 aliphatic carbocycles. The lowest BCUT2D eigenvalue weighted by Crippen LogP contribution is -1.99. The van der Waals surface area contributed by atoms with Gasteiger partial charge in [0.15, 0.2) is 5.82 Å². The Kier molecular flexibility index (Phi) is 7.02. The molecule has 4 N–H and O–H groups in total. The number of hydrogen-bond donors (Lipinski definition) is 4. The highest BCUT2D eigenvalue weighted by Gasteiger charge is 2.06. The molecule has 0 radical (unpaired) electrons. The zero-order valence-electron chi connectivity index (χ0n) is 7.75. The number of carboxylic acid groups (broad SMARTS) is 2. The largest absolute Gasteiger partial charge is 0.483 e. The average molecular weight is 213 g/mol. The van der Waals surface area contributed by atoms with Crippen molar-refractivity contribution in [1.82, 2.24) is 4.98 Å². The first-order valence-electron chi connectivity index (χ1n) is 3.88. The van der Waals surface area contributed by atoms with Gasteiger partial charge in [0.1, 0.15) is 0 Å². The van der Waals surface area contributed by atoms with Gasteiger partial charge in [-0.25, -0.2) is 4.98 Å². The number of pyridine rings is 1. The van der Waals surface area contributed by atoms with Crippen LogP contribution < -0.4 is 10.6 Å². The predicted octanol–water partition coefficient (Wildman–Crippen LogP) is 0.278. The number of nitrogens with one attached hydrogen (secondary N) is 2. The quantitative estimate of drug-likeness (QED) is 0.458. The summed E-state index contributed by atoms with van der Waals surface area (Å²) < 4.78 is 0. The van der Waals surface area contributed by atoms with E-state index in [1.54, 1.807) is 6.20 Å². The Morgan fingerprint density at radius 2 is 1.87 bits per heavy atom. The van der Waals surface area contributed by atoms with Crippen molar-refractivity contribution in [2.45, 2.75) is 0 Å². The lowest BCUT2D eigenvalue weighted by Gasteiger charge is -1.92. The standard InChI is InChI=1S/C6H7N3.2CH2O2/c1-2-5-6(7-3-1)9-4-8-5;2*2-1-3/h1-3,8H,4H2,(H,7,9);2*1H,(H,2,3). The monoisotopic (exact) mass is 213 g/mol. The van der Waals surface area contributed by atoms with Crippen molar-refractivity contribution in [3.05, 3.63) is 18.3 Å². The summed E-state index contributed by atoms with van der Waals surface area (Å²) >= 11 is 0. The van der Waals surface area contributed by atoms with E-state index in [4.69, 9.17) is 19.8 Å². The first-order valence-corrected chi connectivity index (χ1v) is 3.88. The number of rotatable bonds is 0. The molecule has 82 valence electrons. The summed E-state index contributed by atoms with van der Waals surface area (Å²) in [4.78, 5) is 20.8. The van der Waals surface area contributed by atoms with E-state index in [2.05, 4.69) is 15.6 Å². The molecular formula is C8H11N3O4. The van der Waals surface area contributed by atoms with Gasteiger partial charge in [-0.3, -0.25) is 9.59 Å². The molecule has 2 heterocycles. The Balaban J connectivity index is 0.000000280. The second-order valence-corrected chi connectivity index (χ2v) is 2.14. The van der Waals surface area contributed by atoms with Gasteiger partial charge in [0, 0.05) is 6.20 Å². The number of aromatic nitrogens is 1. The van der Waals surface area contributed by atoms with Crippen LogP contribution in [-0.2, 0) is 9.59 Å². The Morgan fingerprint density at radius 3 is 2.40 bits per heavy atom. The van der Waals surface area contributed by atoms with Gasteiger partial charge in [0.05, 0.1) is 12.4 Å². The fourth-order valence-corrected chi connectivity index (χ4v) is 0.912. The molecule has 1 aromatic rings. The number of hydrogen-bond acceptors (Lipinski definition) is 5. The minimum atomic E-state index is -0.250. The van der Waals surface area contributed by atoms with Crippen molar-refractivity contribution in [3.8, 4) is 0 Å². The van der Waals surface area contributed by atoms with Crippen LogP contribution in [0, 0.1) is 0 Å². The molecule has 0 aromatic carbocycles. The maximum Gasteiger partial charge on any atom is 0.290 e. The van der Waals surface area contributed by atoms with Gasteiger partial charge in [0.25, 0.3) is 12.9 Å². The van der Waals surface area contributed by atoms with Crippen LogP contribution >= 0.6 is 0 Å². The van der Waals surface area contributed by atoms with Gasteiger partial charge >= 0.3 is 0 Å². The third-order valence-electron chi connectivity index (χ3n) is 1.34. The molecular weight excluding hydrogens is 202 g/mol. The normalized spacial score (nSPS) is 9.87. The third-order valence-corrected chi connectivity index (χ3v) is 1.34. The SMILES string of the molecule is O=CO.O=CO.c1cnc2c(c1)NCN2. The maximum absolute atomic E-state index is 8.36. The Labute approximate surface area is 85.8 Å². The lowest BCUT2D eigenvalue weighted by atomic mass is 10.4. The highest BCUT2D eigenvalue weighted by Crippen LogP contribution is 2.20. The predicted molar refractivity (Wildman–Crippen MR) is 53.7 cm³/mol. The van der Waals surface area contributed by atoms with Crippen molar-refractivity contribution >= 4 is 24.4 Å². The Morgan fingerprint density at radius 1 is 1.27 bits per heavy atom. The van der Waals surface area contributed by atoms with E-state index in [1.165, 1.54) is 0 Å². The minimum Gasteiger partial charge on any atom is -0.483 e. The lowest BCUT2D eigenvalue weighted by molar-refractivity contribution is -0.123. The van der Waals surface area contributed by atoms with E-state index in [9.17, 15) is 0 Å². The van der Waals surface area contributed by atoms with Crippen molar-refractivity contribution in [3.63, 3.8) is 0 Å². The molecule has 0 bridgehead atoms. The molecule has 0 amide bonds. The van der Waals surface area contributed by atoms with Crippen molar-refractivity contribution < 1.29 is 19.8 Å². The van der Waals surface area contributed by atoms with Gasteiger partial charge in [-0.05, 0) is 12.1 Å². The third kappa shape index (κ3) is 5.09. The zero-order valence-corrected chi connectivity index (χ0v) is 7.75. The molecule has 7 nitrogen and oxygen atoms in total. The van der Waals surface area contributed by atoms with Gasteiger partial charge in [0.2, 0.25) is 0 Å². The molecule has 2 rings (SSSR count). The van der Waals surface area contributed by atoms with Crippen molar-refractivity contribution in [1.29, 1.82) is 0 Å². The van der Waals surface area contributed by atoms with Crippen LogP contribution in [0.25, 0.3) is 0 Å². The molecule has 1 aliphatic heterocycles. The summed E-state index contributed by atoms with van der Waals surface area (Å²) in [5.74, 6) is 0.956. The molecule has 0 saturated carbocycles. The van der Waals surface area contributed by atoms with Crippen LogP contribution in [0.1, 0.15) is 0 Å². The average Bonchev–Trinajstić information content (AvgIpc) is 2.67. The number of anilines is 2. The van der Waals surface area contributed by atoms with E-state index in [0.717, 1.165) is 18.2 Å². The van der Waals surface area contributed by atoms with Crippen molar-refractivity contribution in [2.24, 2.45) is 0 Å². The zero-order chi connectivity index (χ0) is 11.5. The van der Waals surface area contributed by atoms with Crippen LogP contribution in [0.2, 0.25) is 0 Å². The summed E-state index contributed by atoms with van der Waals surface area (Å²) in [6.45, 7) is 0.298. The summed E-state index contributed by atoms with van der Waals surface area (Å²) in [5.41, 5.74) is 1.09. The van der Waals surface area contributed by atoms with Gasteiger partial charge in [-0.15, -0.1) is 0 Å². The number of nitrogens with zero attached hydrogens (tertiary/aromatic N) is 1. The first kappa shape index (κ1) is 12.7. The second-order valence-electron chi connectivity index (χ2n) is 2.14. The summed E-state index contributed by atoms with van der Waals surface area (Å²) in [7, 11) is 0. The molecule has 1 aliphatic rings. The molecule has 0 unspecified atom stereocenters. The summed E-state index contributed by atoms with van der Waals surface area (Å²) in [5, 5.41) is 20.0. The van der Waals surface area contributed by atoms with Crippen LogP contribution in [0.4, 0.5) is 11.5 Å². The van der Waals surface area contributed by atoms with E-state index < -0.39 is 0 Å². The van der Waals surface area contributed by atoms with Crippen LogP contribution in [0.15, 0.2) is 18.3 Å². The van der Waals surface area contributed by atoms with Gasteiger partial charge in [-0.2, -0.15) is 0 Å². The molecule has 1 aromatic heterocycles. The smallest absolute Gasteiger partial charge is 0.290 e. The van der Waals surface area contributed by atoms with E-state index in [1.807, 2.05) is 12.1 Å². The fourth-order valence-electron chi connectivity index (χ4n) is 0.912. The van der Waals surface area contributed by atoms with Crippen LogP contribution in [-0.4, -0.2) is 34.8 Å². The summed E-state index contributed by atoms with van der Waals surface area (Å²) in [6, 6.07) is 3.92. The van der Waals surface area contributed by atoms with Gasteiger partial charge in [-0.1, -0.05) is 0 Å².